The van der Waals surface area contributed by atoms with Gasteiger partial charge in [0.1, 0.15) is 0 Å². The molecule has 3 atom stereocenters. The highest BCUT2D eigenvalue weighted by atomic mass is 79.9. The van der Waals surface area contributed by atoms with Crippen molar-refractivity contribution in [1.82, 2.24) is 0 Å². The van der Waals surface area contributed by atoms with Gasteiger partial charge in [-0.1, -0.05) is 35.2 Å². The minimum atomic E-state index is 0.915. The summed E-state index contributed by atoms with van der Waals surface area (Å²) in [6.07, 6.45) is 7.47. The van der Waals surface area contributed by atoms with Crippen molar-refractivity contribution >= 4 is 15.9 Å². The van der Waals surface area contributed by atoms with Gasteiger partial charge in [-0.3, -0.25) is 0 Å². The van der Waals surface area contributed by atoms with Crippen molar-refractivity contribution in [3.05, 3.63) is 0 Å². The van der Waals surface area contributed by atoms with E-state index in [1.807, 2.05) is 0 Å². The van der Waals surface area contributed by atoms with E-state index >= 15 is 0 Å². The minimum Gasteiger partial charge on any atom is -0.0884 e. The van der Waals surface area contributed by atoms with Crippen LogP contribution in [0.5, 0.6) is 0 Å². The van der Waals surface area contributed by atoms with E-state index in [4.69, 9.17) is 0 Å². The van der Waals surface area contributed by atoms with Crippen LogP contribution in [0.2, 0.25) is 0 Å². The van der Waals surface area contributed by atoms with Gasteiger partial charge in [0.15, 0.2) is 0 Å². The molecule has 0 nitrogen and oxygen atoms in total. The minimum absolute atomic E-state index is 0.915. The molecule has 2 fully saturated rings. The second kappa shape index (κ2) is 2.26. The van der Waals surface area contributed by atoms with Crippen molar-refractivity contribution in [2.24, 2.45) is 11.8 Å². The molecule has 0 aromatic rings. The van der Waals surface area contributed by atoms with Crippen molar-refractivity contribution < 1.29 is 0 Å². The monoisotopic (exact) mass is 188 g/mol. The molecule has 2 saturated carbocycles. The van der Waals surface area contributed by atoms with E-state index in [2.05, 4.69) is 15.9 Å². The molecule has 0 amide bonds. The van der Waals surface area contributed by atoms with Gasteiger partial charge < -0.3 is 0 Å². The number of alkyl halides is 1. The Bertz CT molecular complexity index is 99.1. The van der Waals surface area contributed by atoms with E-state index < -0.39 is 0 Å². The Morgan fingerprint density at radius 3 is 2.00 bits per heavy atom. The van der Waals surface area contributed by atoms with Gasteiger partial charge in [-0.05, 0) is 24.7 Å². The van der Waals surface area contributed by atoms with Gasteiger partial charge >= 0.3 is 0 Å². The summed E-state index contributed by atoms with van der Waals surface area (Å²) in [6, 6.07) is 0. The van der Waals surface area contributed by atoms with Crippen LogP contribution in [0.3, 0.4) is 0 Å². The summed E-state index contributed by atoms with van der Waals surface area (Å²) in [5, 5.41) is 0. The molecular formula is C8H13Br. The smallest absolute Gasteiger partial charge is 0.0208 e. The number of hydrogen-bond acceptors (Lipinski definition) is 0. The zero-order chi connectivity index (χ0) is 6.27. The molecule has 0 radical (unpaired) electrons. The first-order chi connectivity index (χ1) is 4.39. The molecule has 0 unspecified atom stereocenters. The predicted molar refractivity (Wildman–Crippen MR) is 42.8 cm³/mol. The lowest BCUT2D eigenvalue weighted by Gasteiger charge is -1.93. The lowest BCUT2D eigenvalue weighted by atomic mass is 10.2. The summed E-state index contributed by atoms with van der Waals surface area (Å²) in [7, 11) is 0. The molecule has 2 rings (SSSR count). The molecule has 2 aliphatic carbocycles. The van der Waals surface area contributed by atoms with Gasteiger partial charge in [-0.25, -0.2) is 0 Å². The van der Waals surface area contributed by atoms with Gasteiger partial charge in [0, 0.05) is 4.83 Å². The van der Waals surface area contributed by atoms with E-state index in [1.54, 1.807) is 0 Å². The maximum atomic E-state index is 3.71. The Morgan fingerprint density at radius 2 is 1.44 bits per heavy atom. The average molecular weight is 189 g/mol. The van der Waals surface area contributed by atoms with Crippen LogP contribution in [0.25, 0.3) is 0 Å². The van der Waals surface area contributed by atoms with E-state index in [9.17, 15) is 0 Å². The Balaban J connectivity index is 1.93. The molecule has 1 heteroatoms. The summed E-state index contributed by atoms with van der Waals surface area (Å²) in [4.78, 5) is 0.915. The number of halogens is 1. The molecular weight excluding hydrogens is 176 g/mol. The largest absolute Gasteiger partial charge is 0.0884 e. The van der Waals surface area contributed by atoms with E-state index in [0.29, 0.717) is 0 Å². The van der Waals surface area contributed by atoms with Crippen LogP contribution in [0.15, 0.2) is 0 Å². The first-order valence-electron chi connectivity index (χ1n) is 4.03. The van der Waals surface area contributed by atoms with Crippen molar-refractivity contribution in [2.45, 2.75) is 36.9 Å². The van der Waals surface area contributed by atoms with Crippen molar-refractivity contribution in [3.8, 4) is 0 Å². The molecule has 0 aliphatic heterocycles. The molecule has 0 heterocycles. The zero-order valence-electron chi connectivity index (χ0n) is 5.65. The van der Waals surface area contributed by atoms with Crippen LogP contribution in [0, 0.1) is 11.8 Å². The lowest BCUT2D eigenvalue weighted by Crippen LogP contribution is -1.80. The maximum Gasteiger partial charge on any atom is 0.0208 e. The fourth-order valence-corrected chi connectivity index (χ4v) is 3.22. The quantitative estimate of drug-likeness (QED) is 0.514. The van der Waals surface area contributed by atoms with Crippen molar-refractivity contribution in [1.29, 1.82) is 0 Å². The lowest BCUT2D eigenvalue weighted by molar-refractivity contribution is 0.649. The van der Waals surface area contributed by atoms with Crippen LogP contribution >= 0.6 is 15.9 Å². The van der Waals surface area contributed by atoms with Gasteiger partial charge in [0.25, 0.3) is 0 Å². The number of hydrogen-bond donors (Lipinski definition) is 0. The summed E-state index contributed by atoms with van der Waals surface area (Å²) in [6.45, 7) is 0. The van der Waals surface area contributed by atoms with Crippen LogP contribution in [0.4, 0.5) is 0 Å². The summed E-state index contributed by atoms with van der Waals surface area (Å²) >= 11 is 3.71. The Kier molecular flexibility index (Phi) is 1.56. The van der Waals surface area contributed by atoms with Gasteiger partial charge in [-0.15, -0.1) is 0 Å². The molecule has 0 spiro atoms. The molecule has 0 saturated heterocycles. The van der Waals surface area contributed by atoms with E-state index in [-0.39, 0.29) is 0 Å². The summed E-state index contributed by atoms with van der Waals surface area (Å²) < 4.78 is 0. The maximum absolute atomic E-state index is 3.71. The topological polar surface area (TPSA) is 0 Å². The van der Waals surface area contributed by atoms with Crippen molar-refractivity contribution in [2.75, 3.05) is 0 Å². The average Bonchev–Trinajstić information content (AvgIpc) is 2.51. The van der Waals surface area contributed by atoms with Gasteiger partial charge in [0.05, 0.1) is 0 Å². The Labute approximate surface area is 65.1 Å². The summed E-state index contributed by atoms with van der Waals surface area (Å²) in [5.41, 5.74) is 0. The highest BCUT2D eigenvalue weighted by Crippen LogP contribution is 2.52. The fraction of sp³-hybridized carbons (Fsp3) is 1.00. The third-order valence-corrected chi connectivity index (χ3v) is 4.16. The van der Waals surface area contributed by atoms with Crippen molar-refractivity contribution in [3.63, 3.8) is 0 Å². The Hall–Kier alpha value is 0.480. The third-order valence-electron chi connectivity index (χ3n) is 2.80. The van der Waals surface area contributed by atoms with Crippen LogP contribution < -0.4 is 0 Å². The van der Waals surface area contributed by atoms with Crippen LogP contribution in [-0.4, -0.2) is 4.83 Å². The van der Waals surface area contributed by atoms with Gasteiger partial charge in [-0.2, -0.15) is 0 Å². The molecule has 0 N–H and O–H groups in total. The molecule has 0 aromatic carbocycles. The first-order valence-corrected chi connectivity index (χ1v) is 4.95. The molecule has 2 aliphatic rings. The normalized spacial score (nSPS) is 49.7. The fourth-order valence-electron chi connectivity index (χ4n) is 2.08. The van der Waals surface area contributed by atoms with Crippen LogP contribution in [-0.2, 0) is 0 Å². The Morgan fingerprint density at radius 1 is 0.889 bits per heavy atom. The van der Waals surface area contributed by atoms with E-state index in [1.165, 1.54) is 32.1 Å². The number of fused-ring (bicyclic) bond motifs is 1. The third kappa shape index (κ3) is 1.04. The van der Waals surface area contributed by atoms with E-state index in [0.717, 1.165) is 16.7 Å². The second-order valence-corrected chi connectivity index (χ2v) is 4.47. The second-order valence-electron chi connectivity index (χ2n) is 3.41. The molecule has 52 valence electrons. The first kappa shape index (κ1) is 6.21. The highest BCUT2D eigenvalue weighted by Gasteiger charge is 2.47. The van der Waals surface area contributed by atoms with Gasteiger partial charge in [0.2, 0.25) is 0 Å². The standard InChI is InChI=1S/C8H13Br/c9-8-6-4-2-1-3-5-7(6)8/h6-8H,1-5H2/t6-,7+,8+. The zero-order valence-corrected chi connectivity index (χ0v) is 7.23. The molecule has 0 aromatic heterocycles. The summed E-state index contributed by atoms with van der Waals surface area (Å²) in [5.74, 6) is 2.15. The predicted octanol–water partition coefficient (Wildman–Crippen LogP) is 2.96. The molecule has 0 bridgehead atoms. The van der Waals surface area contributed by atoms with Crippen LogP contribution in [0.1, 0.15) is 32.1 Å². The highest BCUT2D eigenvalue weighted by molar-refractivity contribution is 9.09. The number of rotatable bonds is 0. The SMILES string of the molecule is Br[C@@H]1[C@H]2CCCCC[C@@H]12. The molecule has 9 heavy (non-hydrogen) atoms.